The number of aromatic amines is 1. The monoisotopic (exact) mass is 422 g/mol. The third kappa shape index (κ3) is 6.02. The molecule has 0 saturated heterocycles. The molecule has 4 N–H and O–H groups in total. The van der Waals surface area contributed by atoms with Crippen molar-refractivity contribution < 1.29 is 0 Å². The maximum absolute atomic E-state index is 5.99. The van der Waals surface area contributed by atoms with E-state index in [4.69, 9.17) is 17.3 Å². The molecule has 136 valence electrons. The summed E-state index contributed by atoms with van der Waals surface area (Å²) in [7, 11) is 0. The fourth-order valence-electron chi connectivity index (χ4n) is 2.08. The van der Waals surface area contributed by atoms with E-state index in [0.717, 1.165) is 11.3 Å². The van der Waals surface area contributed by atoms with Gasteiger partial charge in [0.15, 0.2) is 5.82 Å². The van der Waals surface area contributed by atoms with Crippen LogP contribution >= 0.6 is 48.8 Å². The highest BCUT2D eigenvalue weighted by Crippen LogP contribution is 2.21. The average Bonchev–Trinajstić information content (AvgIpc) is 3.03. The van der Waals surface area contributed by atoms with Crippen molar-refractivity contribution in [2.24, 2.45) is 5.73 Å². The number of hydrogen-bond acceptors (Lipinski definition) is 5. The molecule has 1 aromatic carbocycles. The zero-order chi connectivity index (χ0) is 15.4. The molecule has 25 heavy (non-hydrogen) atoms. The number of H-pyrrole nitrogens is 1. The summed E-state index contributed by atoms with van der Waals surface area (Å²) < 4.78 is 0. The number of aromatic nitrogens is 4. The van der Waals surface area contributed by atoms with Crippen molar-refractivity contribution in [2.45, 2.75) is 6.04 Å². The van der Waals surface area contributed by atoms with Gasteiger partial charge in [0.2, 0.25) is 0 Å². The van der Waals surface area contributed by atoms with Gasteiger partial charge in [0.05, 0.1) is 6.04 Å². The lowest BCUT2D eigenvalue weighted by molar-refractivity contribution is 0.730. The van der Waals surface area contributed by atoms with Crippen molar-refractivity contribution in [3.8, 4) is 11.4 Å². The van der Waals surface area contributed by atoms with E-state index in [1.54, 1.807) is 12.4 Å². The number of halogens is 4. The van der Waals surface area contributed by atoms with E-state index >= 15 is 0 Å². The Kier molecular flexibility index (Phi) is 10.4. The number of pyridine rings is 1. The topological polar surface area (TPSA) is 92.5 Å². The molecule has 2 aromatic heterocycles. The summed E-state index contributed by atoms with van der Waals surface area (Å²) in [5.74, 6) is 1.29. The molecule has 0 bridgehead atoms. The average molecular weight is 424 g/mol. The maximum Gasteiger partial charge on any atom is 0.181 e. The van der Waals surface area contributed by atoms with Crippen molar-refractivity contribution in [3.63, 3.8) is 0 Å². The first kappa shape index (κ1) is 23.4. The van der Waals surface area contributed by atoms with Gasteiger partial charge in [0.25, 0.3) is 0 Å². The van der Waals surface area contributed by atoms with E-state index in [0.29, 0.717) is 23.2 Å². The number of nitrogens with two attached hydrogens (primary N) is 1. The van der Waals surface area contributed by atoms with Crippen molar-refractivity contribution in [3.05, 3.63) is 59.6 Å². The van der Waals surface area contributed by atoms with Crippen molar-refractivity contribution in [1.82, 2.24) is 20.2 Å². The van der Waals surface area contributed by atoms with Crippen LogP contribution < -0.4 is 11.1 Å². The molecule has 0 spiro atoms. The SMILES string of the molecule is Cl.Cl.Cl.NCC(Nc1cccc(Cl)c1)c1nc(-c2ccncc2)n[nH]1. The number of rotatable bonds is 5. The third-order valence-corrected chi connectivity index (χ3v) is 3.41. The van der Waals surface area contributed by atoms with Gasteiger partial charge in [-0.1, -0.05) is 17.7 Å². The molecular formula is C15H18Cl4N6. The molecule has 10 heteroatoms. The molecule has 0 aliphatic heterocycles. The van der Waals surface area contributed by atoms with E-state index in [1.165, 1.54) is 0 Å². The molecule has 0 saturated carbocycles. The summed E-state index contributed by atoms with van der Waals surface area (Å²) in [5, 5.41) is 11.1. The Bertz CT molecular complexity index is 753. The Labute approximate surface area is 169 Å². The second-order valence-electron chi connectivity index (χ2n) is 4.72. The molecule has 0 radical (unpaired) electrons. The number of hydrogen-bond donors (Lipinski definition) is 3. The zero-order valence-electron chi connectivity index (χ0n) is 12.9. The summed E-state index contributed by atoms with van der Waals surface area (Å²) in [6, 6.07) is 11.0. The van der Waals surface area contributed by atoms with Crippen LogP contribution in [0.4, 0.5) is 5.69 Å². The summed E-state index contributed by atoms with van der Waals surface area (Å²) in [4.78, 5) is 8.48. The Hall–Kier alpha value is -1.57. The molecular weight excluding hydrogens is 406 g/mol. The quantitative estimate of drug-likeness (QED) is 0.578. The van der Waals surface area contributed by atoms with Gasteiger partial charge in [0.1, 0.15) is 5.82 Å². The van der Waals surface area contributed by atoms with E-state index in [9.17, 15) is 0 Å². The fraction of sp³-hybridized carbons (Fsp3) is 0.133. The second kappa shape index (κ2) is 11.1. The number of anilines is 1. The highest BCUT2D eigenvalue weighted by atomic mass is 35.5. The molecule has 0 aliphatic rings. The Balaban J connectivity index is 0.00000192. The van der Waals surface area contributed by atoms with E-state index < -0.39 is 0 Å². The smallest absolute Gasteiger partial charge is 0.181 e. The fourth-order valence-corrected chi connectivity index (χ4v) is 2.27. The lowest BCUT2D eigenvalue weighted by Gasteiger charge is -2.15. The molecule has 0 fully saturated rings. The van der Waals surface area contributed by atoms with Crippen LogP contribution in [0.3, 0.4) is 0 Å². The molecule has 0 aliphatic carbocycles. The van der Waals surface area contributed by atoms with Gasteiger partial charge < -0.3 is 11.1 Å². The summed E-state index contributed by atoms with van der Waals surface area (Å²) >= 11 is 5.99. The van der Waals surface area contributed by atoms with Gasteiger partial charge in [-0.15, -0.1) is 37.2 Å². The predicted molar refractivity (Wildman–Crippen MR) is 108 cm³/mol. The minimum absolute atomic E-state index is 0. The highest BCUT2D eigenvalue weighted by Gasteiger charge is 2.15. The Morgan fingerprint density at radius 3 is 2.48 bits per heavy atom. The number of nitrogens with one attached hydrogen (secondary N) is 2. The van der Waals surface area contributed by atoms with Crippen LogP contribution in [0.2, 0.25) is 5.02 Å². The van der Waals surface area contributed by atoms with Crippen LogP contribution in [0.25, 0.3) is 11.4 Å². The van der Waals surface area contributed by atoms with Gasteiger partial charge in [0, 0.05) is 35.2 Å². The lowest BCUT2D eigenvalue weighted by atomic mass is 10.2. The molecule has 1 unspecified atom stereocenters. The molecule has 6 nitrogen and oxygen atoms in total. The minimum Gasteiger partial charge on any atom is -0.374 e. The zero-order valence-corrected chi connectivity index (χ0v) is 16.1. The van der Waals surface area contributed by atoms with Gasteiger partial charge in [-0.25, -0.2) is 4.98 Å². The minimum atomic E-state index is -0.179. The van der Waals surface area contributed by atoms with Crippen LogP contribution in [0, 0.1) is 0 Å². The van der Waals surface area contributed by atoms with Crippen LogP contribution in [-0.2, 0) is 0 Å². The van der Waals surface area contributed by atoms with Crippen LogP contribution in [0.15, 0.2) is 48.8 Å². The van der Waals surface area contributed by atoms with E-state index in [2.05, 4.69) is 25.5 Å². The first-order chi connectivity index (χ1) is 10.8. The number of benzene rings is 1. The van der Waals surface area contributed by atoms with E-state index in [-0.39, 0.29) is 43.3 Å². The molecule has 1 atom stereocenters. The molecule has 0 amide bonds. The normalized spacial score (nSPS) is 10.6. The van der Waals surface area contributed by atoms with Gasteiger partial charge in [-0.05, 0) is 30.3 Å². The Morgan fingerprint density at radius 2 is 1.84 bits per heavy atom. The Morgan fingerprint density at radius 1 is 1.12 bits per heavy atom. The van der Waals surface area contributed by atoms with Crippen molar-refractivity contribution >= 4 is 54.5 Å². The first-order valence-corrected chi connectivity index (χ1v) is 7.19. The first-order valence-electron chi connectivity index (χ1n) is 6.81. The highest BCUT2D eigenvalue weighted by molar-refractivity contribution is 6.30. The van der Waals surface area contributed by atoms with Crippen molar-refractivity contribution in [1.29, 1.82) is 0 Å². The predicted octanol–water partition coefficient (Wildman–Crippen LogP) is 3.90. The molecule has 3 rings (SSSR count). The van der Waals surface area contributed by atoms with Crippen LogP contribution in [0.1, 0.15) is 11.9 Å². The number of nitrogens with zero attached hydrogens (tertiary/aromatic N) is 3. The molecule has 3 aromatic rings. The maximum atomic E-state index is 5.99. The lowest BCUT2D eigenvalue weighted by Crippen LogP contribution is -2.21. The van der Waals surface area contributed by atoms with Gasteiger partial charge in [-0.2, -0.15) is 5.10 Å². The second-order valence-corrected chi connectivity index (χ2v) is 5.16. The largest absolute Gasteiger partial charge is 0.374 e. The van der Waals surface area contributed by atoms with Gasteiger partial charge >= 0.3 is 0 Å². The van der Waals surface area contributed by atoms with Crippen LogP contribution in [-0.4, -0.2) is 26.7 Å². The summed E-state index contributed by atoms with van der Waals surface area (Å²) in [6.07, 6.45) is 3.41. The standard InChI is InChI=1S/C15H15ClN6.3ClH/c16-11-2-1-3-12(8-11)19-13(9-17)15-20-14(21-22-15)10-4-6-18-7-5-10;;;/h1-8,13,19H,9,17H2,(H,20,21,22);3*1H. The summed E-state index contributed by atoms with van der Waals surface area (Å²) in [5.41, 5.74) is 7.62. The summed E-state index contributed by atoms with van der Waals surface area (Å²) in [6.45, 7) is 0.373. The van der Waals surface area contributed by atoms with Crippen molar-refractivity contribution in [2.75, 3.05) is 11.9 Å². The van der Waals surface area contributed by atoms with E-state index in [1.807, 2.05) is 36.4 Å². The van der Waals surface area contributed by atoms with Gasteiger partial charge in [-0.3, -0.25) is 10.1 Å². The van der Waals surface area contributed by atoms with Crippen LogP contribution in [0.5, 0.6) is 0 Å². The third-order valence-electron chi connectivity index (χ3n) is 3.17. The molecule has 2 heterocycles.